The van der Waals surface area contributed by atoms with Crippen molar-refractivity contribution in [2.45, 2.75) is 12.6 Å². The van der Waals surface area contributed by atoms with E-state index in [4.69, 9.17) is 0 Å². The van der Waals surface area contributed by atoms with Gasteiger partial charge in [-0.05, 0) is 13.0 Å². The summed E-state index contributed by atoms with van der Waals surface area (Å²) < 4.78 is 39.4. The van der Waals surface area contributed by atoms with Crippen LogP contribution in [0.2, 0.25) is 0 Å². The van der Waals surface area contributed by atoms with Gasteiger partial charge in [-0.3, -0.25) is 4.79 Å². The summed E-state index contributed by atoms with van der Waals surface area (Å²) in [5.41, 5.74) is -2.19. The molecule has 1 amide bonds. The van der Waals surface area contributed by atoms with Gasteiger partial charge in [0.2, 0.25) is 5.91 Å². The number of amides is 1. The fourth-order valence-electron chi connectivity index (χ4n) is 2.31. The molecule has 1 unspecified atom stereocenters. The van der Waals surface area contributed by atoms with Crippen molar-refractivity contribution in [1.82, 2.24) is 10.2 Å². The van der Waals surface area contributed by atoms with Crippen molar-refractivity contribution < 1.29 is 18.0 Å². The number of alkyl halides is 3. The van der Waals surface area contributed by atoms with Gasteiger partial charge in [-0.1, -0.05) is 0 Å². The third-order valence-electron chi connectivity index (χ3n) is 3.41. The lowest BCUT2D eigenvalue weighted by atomic mass is 9.84. The third kappa shape index (κ3) is 2.27. The number of rotatable bonds is 1. The van der Waals surface area contributed by atoms with E-state index in [-0.39, 0.29) is 19.5 Å². The van der Waals surface area contributed by atoms with Crippen LogP contribution in [0.4, 0.5) is 13.2 Å². The van der Waals surface area contributed by atoms with Gasteiger partial charge in [-0.15, -0.1) is 0 Å². The van der Waals surface area contributed by atoms with Crippen LogP contribution in [0.3, 0.4) is 0 Å². The largest absolute Gasteiger partial charge is 0.404 e. The van der Waals surface area contributed by atoms with Gasteiger partial charge in [0.15, 0.2) is 5.41 Å². The first-order chi connectivity index (χ1) is 7.97. The van der Waals surface area contributed by atoms with Gasteiger partial charge >= 0.3 is 6.18 Å². The van der Waals surface area contributed by atoms with Crippen LogP contribution in [0.15, 0.2) is 0 Å². The predicted octanol–water partition coefficient (Wildman–Crippen LogP) is 1.10. The zero-order valence-electron chi connectivity index (χ0n) is 9.35. The molecule has 0 aromatic carbocycles. The number of hydrogen-bond acceptors (Lipinski definition) is 3. The topological polar surface area (TPSA) is 32.3 Å². The van der Waals surface area contributed by atoms with E-state index in [2.05, 4.69) is 5.32 Å². The van der Waals surface area contributed by atoms with Crippen LogP contribution in [-0.4, -0.2) is 54.7 Å². The van der Waals surface area contributed by atoms with Crippen molar-refractivity contribution in [2.75, 3.05) is 37.7 Å². The molecule has 0 aromatic rings. The first kappa shape index (κ1) is 13.0. The van der Waals surface area contributed by atoms with Crippen LogP contribution in [0, 0.1) is 5.41 Å². The Morgan fingerprint density at radius 3 is 2.41 bits per heavy atom. The van der Waals surface area contributed by atoms with E-state index in [0.29, 0.717) is 13.1 Å². The summed E-state index contributed by atoms with van der Waals surface area (Å²) in [6, 6.07) is 0. The fraction of sp³-hybridized carbons (Fsp3) is 0.900. The second-order valence-electron chi connectivity index (χ2n) is 4.41. The Hall–Kier alpha value is -0.430. The summed E-state index contributed by atoms with van der Waals surface area (Å²) in [6.07, 6.45) is -4.60. The molecule has 2 rings (SSSR count). The van der Waals surface area contributed by atoms with E-state index >= 15 is 0 Å². The van der Waals surface area contributed by atoms with Crippen molar-refractivity contribution >= 4 is 17.7 Å². The normalized spacial score (nSPS) is 30.6. The summed E-state index contributed by atoms with van der Waals surface area (Å²) in [7, 11) is 0. The van der Waals surface area contributed by atoms with Crippen molar-refractivity contribution in [3.63, 3.8) is 0 Å². The van der Waals surface area contributed by atoms with Gasteiger partial charge in [-0.2, -0.15) is 24.9 Å². The van der Waals surface area contributed by atoms with Crippen LogP contribution in [0.1, 0.15) is 6.42 Å². The third-order valence-corrected chi connectivity index (χ3v) is 4.35. The molecule has 7 heteroatoms. The van der Waals surface area contributed by atoms with Crippen molar-refractivity contribution in [2.24, 2.45) is 5.41 Å². The minimum atomic E-state index is -4.46. The summed E-state index contributed by atoms with van der Waals surface area (Å²) in [4.78, 5) is 13.5. The maximum Gasteiger partial charge on any atom is 0.404 e. The number of carbonyl (C=O) groups is 1. The lowest BCUT2D eigenvalue weighted by Gasteiger charge is -2.36. The van der Waals surface area contributed by atoms with E-state index < -0.39 is 17.5 Å². The molecule has 1 atom stereocenters. The molecule has 3 nitrogen and oxygen atoms in total. The highest BCUT2D eigenvalue weighted by atomic mass is 32.2. The predicted molar refractivity (Wildman–Crippen MR) is 59.9 cm³/mol. The molecule has 17 heavy (non-hydrogen) atoms. The average molecular weight is 268 g/mol. The molecule has 0 spiro atoms. The van der Waals surface area contributed by atoms with Gasteiger partial charge in [0.1, 0.15) is 0 Å². The zero-order valence-corrected chi connectivity index (χ0v) is 10.2. The Bertz CT molecular complexity index is 296. The lowest BCUT2D eigenvalue weighted by Crippen LogP contribution is -2.55. The highest BCUT2D eigenvalue weighted by molar-refractivity contribution is 7.99. The quantitative estimate of drug-likeness (QED) is 0.773. The van der Waals surface area contributed by atoms with Gasteiger partial charge in [0.25, 0.3) is 0 Å². The molecule has 2 fully saturated rings. The van der Waals surface area contributed by atoms with Crippen molar-refractivity contribution in [3.8, 4) is 0 Å². The minimum Gasteiger partial charge on any atom is -0.340 e. The number of hydrogen-bond donors (Lipinski definition) is 1. The molecule has 0 aromatic heterocycles. The molecule has 2 saturated heterocycles. The molecule has 1 N–H and O–H groups in total. The first-order valence-corrected chi connectivity index (χ1v) is 6.77. The van der Waals surface area contributed by atoms with Gasteiger partial charge in [-0.25, -0.2) is 0 Å². The van der Waals surface area contributed by atoms with E-state index in [0.717, 1.165) is 11.5 Å². The number of nitrogens with zero attached hydrogens (tertiary/aromatic N) is 1. The SMILES string of the molecule is O=C(N1CCSCC1)C1(C(F)(F)F)CCNC1. The summed E-state index contributed by atoms with van der Waals surface area (Å²) in [6.45, 7) is 0.843. The molecule has 98 valence electrons. The van der Waals surface area contributed by atoms with Gasteiger partial charge in [0.05, 0.1) is 0 Å². The Labute approximate surface area is 102 Å². The highest BCUT2D eigenvalue weighted by Crippen LogP contribution is 2.44. The van der Waals surface area contributed by atoms with Crippen LogP contribution in [-0.2, 0) is 4.79 Å². The molecule has 0 saturated carbocycles. The number of thioether (sulfide) groups is 1. The summed E-state index contributed by atoms with van der Waals surface area (Å²) in [5.74, 6) is 0.718. The zero-order chi connectivity index (χ0) is 12.5. The Morgan fingerprint density at radius 2 is 1.94 bits per heavy atom. The molecule has 0 radical (unpaired) electrons. The number of halogens is 3. The Balaban J connectivity index is 2.18. The van der Waals surface area contributed by atoms with E-state index in [9.17, 15) is 18.0 Å². The fourth-order valence-corrected chi connectivity index (χ4v) is 3.21. The average Bonchev–Trinajstić information content (AvgIpc) is 2.79. The van der Waals surface area contributed by atoms with Crippen LogP contribution in [0.25, 0.3) is 0 Å². The van der Waals surface area contributed by atoms with E-state index in [1.807, 2.05) is 0 Å². The van der Waals surface area contributed by atoms with E-state index in [1.165, 1.54) is 4.90 Å². The lowest BCUT2D eigenvalue weighted by molar-refractivity contribution is -0.221. The molecular formula is C10H15F3N2OS. The molecule has 2 aliphatic heterocycles. The molecular weight excluding hydrogens is 253 g/mol. The summed E-state index contributed by atoms with van der Waals surface area (Å²) >= 11 is 1.67. The van der Waals surface area contributed by atoms with Gasteiger partial charge < -0.3 is 10.2 Å². The maximum absolute atomic E-state index is 13.1. The van der Waals surface area contributed by atoms with Crippen molar-refractivity contribution in [1.29, 1.82) is 0 Å². The van der Waals surface area contributed by atoms with E-state index in [1.54, 1.807) is 11.8 Å². The second-order valence-corrected chi connectivity index (χ2v) is 5.64. The monoisotopic (exact) mass is 268 g/mol. The Kier molecular flexibility index (Phi) is 3.58. The maximum atomic E-state index is 13.1. The van der Waals surface area contributed by atoms with Crippen LogP contribution < -0.4 is 5.32 Å². The second kappa shape index (κ2) is 4.68. The van der Waals surface area contributed by atoms with Gasteiger partial charge in [0, 0.05) is 31.1 Å². The smallest absolute Gasteiger partial charge is 0.340 e. The number of carbonyl (C=O) groups excluding carboxylic acids is 1. The molecule has 2 heterocycles. The Morgan fingerprint density at radius 1 is 1.29 bits per heavy atom. The molecule has 0 bridgehead atoms. The molecule has 0 aliphatic carbocycles. The summed E-state index contributed by atoms with van der Waals surface area (Å²) in [5, 5.41) is 2.67. The van der Waals surface area contributed by atoms with Crippen molar-refractivity contribution in [3.05, 3.63) is 0 Å². The number of nitrogens with one attached hydrogen (secondary N) is 1. The first-order valence-electron chi connectivity index (χ1n) is 5.62. The van der Waals surface area contributed by atoms with Crippen LogP contribution in [0.5, 0.6) is 0 Å². The molecule has 2 aliphatic rings. The minimum absolute atomic E-state index is 0.140. The standard InChI is InChI=1S/C10H15F3N2OS/c11-10(12,13)9(1-2-14-7-9)8(16)15-3-5-17-6-4-15/h14H,1-7H2. The highest BCUT2D eigenvalue weighted by Gasteiger charge is 2.62. The van der Waals surface area contributed by atoms with Crippen LogP contribution >= 0.6 is 11.8 Å².